The summed E-state index contributed by atoms with van der Waals surface area (Å²) in [5.74, 6) is 0.449. The highest BCUT2D eigenvalue weighted by Crippen LogP contribution is 2.34. The molecule has 0 aliphatic carbocycles. The molecule has 1 saturated heterocycles. The van der Waals surface area contributed by atoms with Crippen molar-refractivity contribution in [2.24, 2.45) is 13.0 Å². The molecule has 3 rings (SSSR count). The van der Waals surface area contributed by atoms with Crippen LogP contribution >= 0.6 is 0 Å². The number of aromatic nitrogens is 2. The summed E-state index contributed by atoms with van der Waals surface area (Å²) in [5.41, 5.74) is -1.26. The molecular formula is C16H16F3N3O2. The van der Waals surface area contributed by atoms with Gasteiger partial charge in [0.25, 0.3) is 5.56 Å². The molecular weight excluding hydrogens is 323 g/mol. The highest BCUT2D eigenvalue weighted by atomic mass is 19.4. The van der Waals surface area contributed by atoms with E-state index in [0.717, 1.165) is 10.6 Å². The molecule has 1 aliphatic heterocycles. The van der Waals surface area contributed by atoms with Crippen molar-refractivity contribution in [3.05, 3.63) is 62.3 Å². The number of hydrogen-bond acceptors (Lipinski definition) is 3. The predicted molar refractivity (Wildman–Crippen MR) is 83.2 cm³/mol. The highest BCUT2D eigenvalue weighted by Gasteiger charge is 2.35. The van der Waals surface area contributed by atoms with Crippen molar-refractivity contribution < 1.29 is 13.2 Å². The maximum Gasteiger partial charge on any atom is 0.416 e. The second-order valence-corrected chi connectivity index (χ2v) is 5.99. The van der Waals surface area contributed by atoms with E-state index >= 15 is 0 Å². The number of nitrogens with zero attached hydrogens (tertiary/aromatic N) is 2. The van der Waals surface area contributed by atoms with Crippen LogP contribution in [0.2, 0.25) is 0 Å². The second-order valence-electron chi connectivity index (χ2n) is 5.99. The van der Waals surface area contributed by atoms with Gasteiger partial charge in [-0.3, -0.25) is 14.3 Å². The van der Waals surface area contributed by atoms with Crippen LogP contribution in [0, 0.1) is 5.92 Å². The Hall–Kier alpha value is -2.51. The standard InChI is InChI=1S/C16H16F3N3O2/c1-21-14(23)7-13(20-15(21)24)22-8-10(9-22)6-11-4-2-3-5-12(11)16(17,18)19/h2-5,7,10H,6,8-9H2,1H3,(H,20,24). The molecule has 2 aromatic rings. The fraction of sp³-hybridized carbons (Fsp3) is 0.375. The summed E-state index contributed by atoms with van der Waals surface area (Å²) in [6.45, 7) is 0.991. The van der Waals surface area contributed by atoms with E-state index < -0.39 is 23.0 Å². The van der Waals surface area contributed by atoms with Crippen LogP contribution in [0.25, 0.3) is 0 Å². The number of alkyl halides is 3. The lowest BCUT2D eigenvalue weighted by molar-refractivity contribution is -0.138. The summed E-state index contributed by atoms with van der Waals surface area (Å²) in [4.78, 5) is 27.6. The van der Waals surface area contributed by atoms with Gasteiger partial charge in [-0.05, 0) is 24.0 Å². The first-order valence-electron chi connectivity index (χ1n) is 7.46. The van der Waals surface area contributed by atoms with Gasteiger partial charge in [0.05, 0.1) is 5.56 Å². The zero-order valence-corrected chi connectivity index (χ0v) is 12.9. The zero-order valence-electron chi connectivity index (χ0n) is 12.9. The Kier molecular flexibility index (Phi) is 3.98. The number of anilines is 1. The molecule has 1 fully saturated rings. The first kappa shape index (κ1) is 16.4. The highest BCUT2D eigenvalue weighted by molar-refractivity contribution is 5.41. The second kappa shape index (κ2) is 5.85. The quantitative estimate of drug-likeness (QED) is 0.927. The number of rotatable bonds is 3. The third-order valence-electron chi connectivity index (χ3n) is 4.26. The molecule has 0 bridgehead atoms. The maximum absolute atomic E-state index is 13.0. The van der Waals surface area contributed by atoms with Gasteiger partial charge in [-0.25, -0.2) is 4.79 Å². The van der Waals surface area contributed by atoms with Crippen molar-refractivity contribution in [1.29, 1.82) is 0 Å². The van der Waals surface area contributed by atoms with Gasteiger partial charge in [-0.2, -0.15) is 13.2 Å². The van der Waals surface area contributed by atoms with E-state index in [-0.39, 0.29) is 11.5 Å². The molecule has 8 heteroatoms. The number of benzene rings is 1. The summed E-state index contributed by atoms with van der Waals surface area (Å²) in [5, 5.41) is 0. The Morgan fingerprint density at radius 2 is 1.88 bits per heavy atom. The monoisotopic (exact) mass is 339 g/mol. The number of aromatic amines is 1. The van der Waals surface area contributed by atoms with Crippen LogP contribution in [0.1, 0.15) is 11.1 Å². The smallest absolute Gasteiger partial charge is 0.357 e. The van der Waals surface area contributed by atoms with Gasteiger partial charge < -0.3 is 4.90 Å². The molecule has 128 valence electrons. The third-order valence-corrected chi connectivity index (χ3v) is 4.26. The van der Waals surface area contributed by atoms with Gasteiger partial charge >= 0.3 is 11.9 Å². The third kappa shape index (κ3) is 3.08. The minimum Gasteiger partial charge on any atom is -0.357 e. The lowest BCUT2D eigenvalue weighted by atomic mass is 9.90. The van der Waals surface area contributed by atoms with Crippen LogP contribution in [0.15, 0.2) is 39.9 Å². The lowest BCUT2D eigenvalue weighted by Gasteiger charge is -2.40. The van der Waals surface area contributed by atoms with Crippen LogP contribution in [0.3, 0.4) is 0 Å². The number of hydrogen-bond donors (Lipinski definition) is 1. The summed E-state index contributed by atoms with van der Waals surface area (Å²) >= 11 is 0. The summed E-state index contributed by atoms with van der Waals surface area (Å²) in [7, 11) is 1.37. The van der Waals surface area contributed by atoms with Gasteiger partial charge in [-0.15, -0.1) is 0 Å². The number of nitrogens with one attached hydrogen (secondary N) is 1. The van der Waals surface area contributed by atoms with E-state index in [2.05, 4.69) is 4.98 Å². The largest absolute Gasteiger partial charge is 0.416 e. The van der Waals surface area contributed by atoms with Gasteiger partial charge in [0, 0.05) is 26.2 Å². The van der Waals surface area contributed by atoms with Crippen LogP contribution < -0.4 is 16.1 Å². The minimum absolute atomic E-state index is 0.0426. The Balaban J connectivity index is 1.71. The van der Waals surface area contributed by atoms with Crippen LogP contribution in [-0.4, -0.2) is 22.6 Å². The van der Waals surface area contributed by atoms with Gasteiger partial charge in [0.2, 0.25) is 0 Å². The fourth-order valence-corrected chi connectivity index (χ4v) is 2.90. The van der Waals surface area contributed by atoms with Crippen molar-refractivity contribution in [2.45, 2.75) is 12.6 Å². The van der Waals surface area contributed by atoms with Gasteiger partial charge in [-0.1, -0.05) is 18.2 Å². The van der Waals surface area contributed by atoms with E-state index in [1.54, 1.807) is 11.0 Å². The average Bonchev–Trinajstić information content (AvgIpc) is 2.47. The molecule has 0 spiro atoms. The SMILES string of the molecule is Cn1c(=O)cc(N2CC(Cc3ccccc3C(F)(F)F)C2)[nH]c1=O. The molecule has 0 radical (unpaired) electrons. The van der Waals surface area contributed by atoms with E-state index in [1.807, 2.05) is 0 Å². The molecule has 2 heterocycles. The van der Waals surface area contributed by atoms with Gasteiger partial charge in [0.1, 0.15) is 5.82 Å². The Bertz CT molecular complexity index is 833. The Morgan fingerprint density at radius 3 is 2.50 bits per heavy atom. The van der Waals surface area contributed by atoms with Crippen molar-refractivity contribution in [3.8, 4) is 0 Å². The molecule has 1 N–H and O–H groups in total. The molecule has 24 heavy (non-hydrogen) atoms. The molecule has 1 aliphatic rings. The number of H-pyrrole nitrogens is 1. The van der Waals surface area contributed by atoms with E-state index in [0.29, 0.717) is 25.3 Å². The summed E-state index contributed by atoms with van der Waals surface area (Å²) in [6, 6.07) is 6.88. The van der Waals surface area contributed by atoms with Gasteiger partial charge in [0.15, 0.2) is 0 Å². The Morgan fingerprint density at radius 1 is 1.21 bits per heavy atom. The van der Waals surface area contributed by atoms with Crippen molar-refractivity contribution >= 4 is 5.82 Å². The first-order valence-corrected chi connectivity index (χ1v) is 7.46. The predicted octanol–water partition coefficient (Wildman–Crippen LogP) is 1.77. The summed E-state index contributed by atoms with van der Waals surface area (Å²) in [6.07, 6.45) is -4.06. The minimum atomic E-state index is -4.36. The lowest BCUT2D eigenvalue weighted by Crippen LogP contribution is -2.49. The normalized spacial score (nSPS) is 15.4. The van der Waals surface area contributed by atoms with E-state index in [1.165, 1.54) is 25.2 Å². The molecule has 1 aromatic carbocycles. The molecule has 0 amide bonds. The van der Waals surface area contributed by atoms with Crippen molar-refractivity contribution in [1.82, 2.24) is 9.55 Å². The van der Waals surface area contributed by atoms with Crippen molar-refractivity contribution in [3.63, 3.8) is 0 Å². The Labute approximate surface area is 135 Å². The average molecular weight is 339 g/mol. The summed E-state index contributed by atoms with van der Waals surface area (Å²) < 4.78 is 40.0. The van der Waals surface area contributed by atoms with Crippen molar-refractivity contribution in [2.75, 3.05) is 18.0 Å². The molecule has 0 saturated carbocycles. The molecule has 1 aromatic heterocycles. The number of halogens is 3. The maximum atomic E-state index is 13.0. The molecule has 5 nitrogen and oxygen atoms in total. The zero-order chi connectivity index (χ0) is 17.5. The molecule has 0 atom stereocenters. The van der Waals surface area contributed by atoms with Crippen LogP contribution in [0.4, 0.5) is 19.0 Å². The molecule has 0 unspecified atom stereocenters. The van der Waals surface area contributed by atoms with Crippen LogP contribution in [-0.2, 0) is 19.6 Å². The van der Waals surface area contributed by atoms with E-state index in [9.17, 15) is 22.8 Å². The first-order chi connectivity index (χ1) is 11.3. The fourth-order valence-electron chi connectivity index (χ4n) is 2.90. The topological polar surface area (TPSA) is 58.1 Å². The van der Waals surface area contributed by atoms with E-state index in [4.69, 9.17) is 0 Å². The van der Waals surface area contributed by atoms with Crippen LogP contribution in [0.5, 0.6) is 0 Å².